The fraction of sp³-hybridized carbons (Fsp3) is 0.545. The van der Waals surface area contributed by atoms with Crippen molar-refractivity contribution in [2.24, 2.45) is 5.41 Å². The lowest BCUT2D eigenvalue weighted by Crippen LogP contribution is -2.28. The largest absolute Gasteiger partial charge is 0.388 e. The minimum absolute atomic E-state index is 0.0662. The lowest BCUT2D eigenvalue weighted by molar-refractivity contribution is 0.0981. The molecule has 14 heavy (non-hydrogen) atoms. The standard InChI is InChI=1S/C11H15NO2/c1-11(2)5-8-7(9(13)6-11)3-4-10(14)12-8/h3-4,9,13H,5-6H2,1-2H3,(H,12,14). The summed E-state index contributed by atoms with van der Waals surface area (Å²) in [6, 6.07) is 3.20. The van der Waals surface area contributed by atoms with Crippen LogP contribution in [0, 0.1) is 5.41 Å². The zero-order valence-electron chi connectivity index (χ0n) is 8.50. The van der Waals surface area contributed by atoms with Crippen molar-refractivity contribution in [2.75, 3.05) is 0 Å². The molecule has 3 heteroatoms. The Hall–Kier alpha value is -1.09. The van der Waals surface area contributed by atoms with Crippen LogP contribution in [0.5, 0.6) is 0 Å². The number of hydrogen-bond acceptors (Lipinski definition) is 2. The van der Waals surface area contributed by atoms with E-state index in [1.165, 1.54) is 6.07 Å². The van der Waals surface area contributed by atoms with E-state index in [2.05, 4.69) is 18.8 Å². The third kappa shape index (κ3) is 1.60. The number of H-pyrrole nitrogens is 1. The monoisotopic (exact) mass is 193 g/mol. The van der Waals surface area contributed by atoms with Crippen LogP contribution in [0.1, 0.15) is 37.6 Å². The number of aromatic amines is 1. The van der Waals surface area contributed by atoms with Gasteiger partial charge in [-0.3, -0.25) is 4.79 Å². The van der Waals surface area contributed by atoms with Gasteiger partial charge in [0.05, 0.1) is 6.10 Å². The van der Waals surface area contributed by atoms with Crippen molar-refractivity contribution in [3.63, 3.8) is 0 Å². The Morgan fingerprint density at radius 1 is 1.50 bits per heavy atom. The summed E-state index contributed by atoms with van der Waals surface area (Å²) in [6.07, 6.45) is 1.15. The highest BCUT2D eigenvalue weighted by Gasteiger charge is 2.31. The first-order valence-corrected chi connectivity index (χ1v) is 4.88. The van der Waals surface area contributed by atoms with Gasteiger partial charge < -0.3 is 10.1 Å². The summed E-state index contributed by atoms with van der Waals surface area (Å²) in [5.41, 5.74) is 1.75. The van der Waals surface area contributed by atoms with E-state index in [0.29, 0.717) is 0 Å². The lowest BCUT2D eigenvalue weighted by atomic mass is 9.75. The molecule has 0 aromatic carbocycles. The number of fused-ring (bicyclic) bond motifs is 1. The van der Waals surface area contributed by atoms with Gasteiger partial charge >= 0.3 is 0 Å². The number of hydrogen-bond donors (Lipinski definition) is 2. The summed E-state index contributed by atoms with van der Waals surface area (Å²) < 4.78 is 0. The van der Waals surface area contributed by atoms with E-state index in [1.54, 1.807) is 6.07 Å². The maximum Gasteiger partial charge on any atom is 0.248 e. The molecular weight excluding hydrogens is 178 g/mol. The van der Waals surface area contributed by atoms with Gasteiger partial charge in [0, 0.05) is 17.3 Å². The van der Waals surface area contributed by atoms with Crippen LogP contribution in [0.4, 0.5) is 0 Å². The number of aromatic nitrogens is 1. The molecule has 0 spiro atoms. The second kappa shape index (κ2) is 2.95. The van der Waals surface area contributed by atoms with Gasteiger partial charge in [0.25, 0.3) is 0 Å². The maximum absolute atomic E-state index is 11.1. The van der Waals surface area contributed by atoms with Gasteiger partial charge in [-0.25, -0.2) is 0 Å². The van der Waals surface area contributed by atoms with Crippen LogP contribution in [0.25, 0.3) is 0 Å². The molecule has 0 bridgehead atoms. The fourth-order valence-electron chi connectivity index (χ4n) is 2.17. The van der Waals surface area contributed by atoms with Crippen LogP contribution in [0.15, 0.2) is 16.9 Å². The van der Waals surface area contributed by atoms with E-state index < -0.39 is 6.10 Å². The van der Waals surface area contributed by atoms with Crippen LogP contribution >= 0.6 is 0 Å². The Bertz CT molecular complexity index is 406. The molecule has 1 aromatic heterocycles. The zero-order chi connectivity index (χ0) is 10.3. The third-order valence-electron chi connectivity index (χ3n) is 2.80. The molecule has 1 heterocycles. The Balaban J connectivity index is 2.51. The van der Waals surface area contributed by atoms with E-state index in [4.69, 9.17) is 0 Å². The summed E-state index contributed by atoms with van der Waals surface area (Å²) in [6.45, 7) is 4.20. The van der Waals surface area contributed by atoms with Crippen LogP contribution in [0.3, 0.4) is 0 Å². The molecule has 76 valence electrons. The molecule has 1 aromatic rings. The molecular formula is C11H15NO2. The Morgan fingerprint density at radius 2 is 2.21 bits per heavy atom. The molecule has 0 saturated heterocycles. The summed E-state index contributed by atoms with van der Waals surface area (Å²) in [7, 11) is 0. The molecule has 3 nitrogen and oxygen atoms in total. The summed E-state index contributed by atoms with van der Waals surface area (Å²) in [5.74, 6) is 0. The second-order valence-electron chi connectivity index (χ2n) is 4.82. The van der Waals surface area contributed by atoms with E-state index in [1.807, 2.05) is 0 Å². The molecule has 1 aliphatic rings. The number of pyridine rings is 1. The normalized spacial score (nSPS) is 24.4. The molecule has 2 rings (SSSR count). The van der Waals surface area contributed by atoms with Gasteiger partial charge in [0.15, 0.2) is 0 Å². The van der Waals surface area contributed by atoms with Gasteiger partial charge in [0.2, 0.25) is 5.56 Å². The van der Waals surface area contributed by atoms with Crippen molar-refractivity contribution in [2.45, 2.75) is 32.8 Å². The average molecular weight is 193 g/mol. The molecule has 0 aliphatic heterocycles. The molecule has 0 fully saturated rings. The molecule has 1 aliphatic carbocycles. The predicted octanol–water partition coefficient (Wildman–Crippen LogP) is 1.38. The van der Waals surface area contributed by atoms with Gasteiger partial charge in [-0.05, 0) is 24.3 Å². The minimum atomic E-state index is -0.439. The molecule has 0 amide bonds. The first-order chi connectivity index (χ1) is 6.48. The summed E-state index contributed by atoms with van der Waals surface area (Å²) >= 11 is 0. The van der Waals surface area contributed by atoms with Crippen molar-refractivity contribution in [1.82, 2.24) is 4.98 Å². The number of aliphatic hydroxyl groups is 1. The Labute approximate surface area is 82.8 Å². The second-order valence-corrected chi connectivity index (χ2v) is 4.82. The van der Waals surface area contributed by atoms with Gasteiger partial charge in [-0.15, -0.1) is 0 Å². The molecule has 2 N–H and O–H groups in total. The molecule has 1 unspecified atom stereocenters. The van der Waals surface area contributed by atoms with E-state index in [0.717, 1.165) is 24.1 Å². The van der Waals surface area contributed by atoms with Gasteiger partial charge in [0.1, 0.15) is 0 Å². The van der Waals surface area contributed by atoms with E-state index in [-0.39, 0.29) is 11.0 Å². The van der Waals surface area contributed by atoms with Crippen molar-refractivity contribution in [3.8, 4) is 0 Å². The third-order valence-corrected chi connectivity index (χ3v) is 2.80. The fourth-order valence-corrected chi connectivity index (χ4v) is 2.17. The lowest BCUT2D eigenvalue weighted by Gasteiger charge is -2.33. The topological polar surface area (TPSA) is 53.1 Å². The van der Waals surface area contributed by atoms with Crippen LogP contribution in [0.2, 0.25) is 0 Å². The predicted molar refractivity (Wildman–Crippen MR) is 54.1 cm³/mol. The molecule has 0 radical (unpaired) electrons. The van der Waals surface area contributed by atoms with Crippen LogP contribution in [-0.2, 0) is 6.42 Å². The van der Waals surface area contributed by atoms with Gasteiger partial charge in [-0.2, -0.15) is 0 Å². The average Bonchev–Trinajstić information content (AvgIpc) is 2.00. The highest BCUT2D eigenvalue weighted by Crippen LogP contribution is 2.39. The van der Waals surface area contributed by atoms with Gasteiger partial charge in [-0.1, -0.05) is 13.8 Å². The first-order valence-electron chi connectivity index (χ1n) is 4.88. The number of rotatable bonds is 0. The van der Waals surface area contributed by atoms with E-state index >= 15 is 0 Å². The Morgan fingerprint density at radius 3 is 2.93 bits per heavy atom. The summed E-state index contributed by atoms with van der Waals surface area (Å²) in [5, 5.41) is 9.87. The van der Waals surface area contributed by atoms with Crippen molar-refractivity contribution in [3.05, 3.63) is 33.7 Å². The SMILES string of the molecule is CC1(C)Cc2[nH]c(=O)ccc2C(O)C1. The first kappa shape index (κ1) is 9.46. The maximum atomic E-state index is 11.1. The van der Waals surface area contributed by atoms with Crippen molar-refractivity contribution < 1.29 is 5.11 Å². The van der Waals surface area contributed by atoms with Crippen molar-refractivity contribution >= 4 is 0 Å². The highest BCUT2D eigenvalue weighted by molar-refractivity contribution is 5.26. The number of nitrogens with one attached hydrogen (secondary N) is 1. The van der Waals surface area contributed by atoms with E-state index in [9.17, 15) is 9.90 Å². The van der Waals surface area contributed by atoms with Crippen molar-refractivity contribution in [1.29, 1.82) is 0 Å². The van der Waals surface area contributed by atoms with Crippen LogP contribution < -0.4 is 5.56 Å². The zero-order valence-corrected chi connectivity index (χ0v) is 8.50. The smallest absolute Gasteiger partial charge is 0.248 e. The summed E-state index contributed by atoms with van der Waals surface area (Å²) in [4.78, 5) is 13.9. The van der Waals surface area contributed by atoms with Crippen LogP contribution in [-0.4, -0.2) is 10.1 Å². The molecule has 0 saturated carbocycles. The highest BCUT2D eigenvalue weighted by atomic mass is 16.3. The Kier molecular flexibility index (Phi) is 2.00. The quantitative estimate of drug-likeness (QED) is 0.654. The minimum Gasteiger partial charge on any atom is -0.388 e. The number of aliphatic hydroxyl groups excluding tert-OH is 1. The molecule has 1 atom stereocenters.